The van der Waals surface area contributed by atoms with Gasteiger partial charge in [-0.05, 0) is 35.2 Å². The standard InChI is InChI=1S/C14H22BrN3O2/c1-2-3-13-16-12(15)10-14(17-13)18-6-4-11(5-7-18)20-9-8-19/h10-11,19H,2-9H2,1H3. The van der Waals surface area contributed by atoms with E-state index >= 15 is 0 Å². The lowest BCUT2D eigenvalue weighted by molar-refractivity contribution is 0.0158. The van der Waals surface area contributed by atoms with Gasteiger partial charge in [0.1, 0.15) is 16.2 Å². The number of aryl methyl sites for hydroxylation is 1. The van der Waals surface area contributed by atoms with Crippen LogP contribution in [0, 0.1) is 0 Å². The minimum atomic E-state index is 0.0967. The van der Waals surface area contributed by atoms with Crippen molar-refractivity contribution in [3.05, 3.63) is 16.5 Å². The number of hydrogen-bond acceptors (Lipinski definition) is 5. The van der Waals surface area contributed by atoms with Gasteiger partial charge in [0.15, 0.2) is 0 Å². The number of piperidine rings is 1. The van der Waals surface area contributed by atoms with Crippen molar-refractivity contribution in [2.75, 3.05) is 31.2 Å². The van der Waals surface area contributed by atoms with Gasteiger partial charge in [-0.1, -0.05) is 6.92 Å². The van der Waals surface area contributed by atoms with Gasteiger partial charge in [0.25, 0.3) is 0 Å². The summed E-state index contributed by atoms with van der Waals surface area (Å²) in [4.78, 5) is 11.3. The van der Waals surface area contributed by atoms with Gasteiger partial charge in [0.05, 0.1) is 19.3 Å². The third-order valence-corrected chi connectivity index (χ3v) is 3.82. The molecule has 0 aromatic carbocycles. The van der Waals surface area contributed by atoms with Crippen LogP contribution in [-0.2, 0) is 11.2 Å². The first-order valence-electron chi connectivity index (χ1n) is 7.23. The van der Waals surface area contributed by atoms with E-state index in [1.165, 1.54) is 0 Å². The molecule has 1 aromatic heterocycles. The molecule has 2 heterocycles. The zero-order valence-electron chi connectivity index (χ0n) is 11.9. The Morgan fingerprint density at radius 1 is 1.40 bits per heavy atom. The lowest BCUT2D eigenvalue weighted by Gasteiger charge is -2.32. The second-order valence-corrected chi connectivity index (χ2v) is 5.81. The lowest BCUT2D eigenvalue weighted by Crippen LogP contribution is -2.38. The molecule has 1 aliphatic rings. The molecule has 6 heteroatoms. The van der Waals surface area contributed by atoms with Crippen molar-refractivity contribution < 1.29 is 9.84 Å². The van der Waals surface area contributed by atoms with Crippen LogP contribution < -0.4 is 4.90 Å². The molecule has 20 heavy (non-hydrogen) atoms. The van der Waals surface area contributed by atoms with E-state index in [0.29, 0.717) is 6.61 Å². The van der Waals surface area contributed by atoms with Crippen LogP contribution in [0.3, 0.4) is 0 Å². The number of hydrogen-bond donors (Lipinski definition) is 1. The highest BCUT2D eigenvalue weighted by Crippen LogP contribution is 2.22. The number of rotatable bonds is 6. The summed E-state index contributed by atoms with van der Waals surface area (Å²) in [7, 11) is 0. The fraction of sp³-hybridized carbons (Fsp3) is 0.714. The number of aliphatic hydroxyl groups is 1. The predicted molar refractivity (Wildman–Crippen MR) is 82.0 cm³/mol. The van der Waals surface area contributed by atoms with Gasteiger partial charge >= 0.3 is 0 Å². The van der Waals surface area contributed by atoms with Crippen molar-refractivity contribution in [3.63, 3.8) is 0 Å². The SMILES string of the molecule is CCCc1nc(Br)cc(N2CCC(OCCO)CC2)n1. The Morgan fingerprint density at radius 2 is 2.15 bits per heavy atom. The largest absolute Gasteiger partial charge is 0.394 e. The van der Waals surface area contributed by atoms with Crippen LogP contribution in [0.4, 0.5) is 5.82 Å². The Hall–Kier alpha value is -0.720. The van der Waals surface area contributed by atoms with Crippen molar-refractivity contribution in [1.82, 2.24) is 9.97 Å². The molecule has 0 radical (unpaired) electrons. The molecule has 1 saturated heterocycles. The summed E-state index contributed by atoms with van der Waals surface area (Å²) in [6.45, 7) is 4.54. The van der Waals surface area contributed by atoms with E-state index in [4.69, 9.17) is 9.84 Å². The molecule has 1 fully saturated rings. The van der Waals surface area contributed by atoms with Crippen LogP contribution in [-0.4, -0.2) is 47.5 Å². The zero-order chi connectivity index (χ0) is 14.4. The Bertz CT molecular complexity index is 423. The molecule has 0 bridgehead atoms. The van der Waals surface area contributed by atoms with Gasteiger partial charge in [-0.25, -0.2) is 9.97 Å². The monoisotopic (exact) mass is 343 g/mol. The zero-order valence-corrected chi connectivity index (χ0v) is 13.5. The first-order valence-corrected chi connectivity index (χ1v) is 8.03. The second kappa shape index (κ2) is 7.90. The first-order chi connectivity index (χ1) is 9.72. The van der Waals surface area contributed by atoms with Crippen LogP contribution >= 0.6 is 15.9 Å². The summed E-state index contributed by atoms with van der Waals surface area (Å²) < 4.78 is 6.44. The van der Waals surface area contributed by atoms with Crippen molar-refractivity contribution in [3.8, 4) is 0 Å². The molecular formula is C14H22BrN3O2. The predicted octanol–water partition coefficient (Wildman–Crippen LogP) is 2.17. The number of halogens is 1. The van der Waals surface area contributed by atoms with E-state index in [-0.39, 0.29) is 12.7 Å². The molecule has 1 aliphatic heterocycles. The average molecular weight is 344 g/mol. The average Bonchev–Trinajstić information content (AvgIpc) is 2.45. The highest BCUT2D eigenvalue weighted by atomic mass is 79.9. The van der Waals surface area contributed by atoms with Gasteiger partial charge in [0.2, 0.25) is 0 Å². The molecule has 0 saturated carbocycles. The Labute approximate surface area is 128 Å². The molecule has 0 atom stereocenters. The second-order valence-electron chi connectivity index (χ2n) is 5.00. The Kier molecular flexibility index (Phi) is 6.19. The molecule has 1 N–H and O–H groups in total. The Balaban J connectivity index is 1.96. The van der Waals surface area contributed by atoms with E-state index < -0.39 is 0 Å². The molecule has 112 valence electrons. The summed E-state index contributed by atoms with van der Waals surface area (Å²) in [5.41, 5.74) is 0. The molecule has 0 aliphatic carbocycles. The summed E-state index contributed by atoms with van der Waals surface area (Å²) in [6.07, 6.45) is 4.17. The van der Waals surface area contributed by atoms with E-state index in [1.54, 1.807) is 0 Å². The normalized spacial score (nSPS) is 16.6. The number of aliphatic hydroxyl groups excluding tert-OH is 1. The molecule has 0 spiro atoms. The van der Waals surface area contributed by atoms with Crippen molar-refractivity contribution in [2.45, 2.75) is 38.7 Å². The summed E-state index contributed by atoms with van der Waals surface area (Å²) >= 11 is 3.47. The smallest absolute Gasteiger partial charge is 0.133 e. The number of ether oxygens (including phenoxy) is 1. The molecule has 0 amide bonds. The maximum absolute atomic E-state index is 8.78. The highest BCUT2D eigenvalue weighted by molar-refractivity contribution is 9.10. The van der Waals surface area contributed by atoms with Crippen LogP contribution in [0.1, 0.15) is 32.0 Å². The van der Waals surface area contributed by atoms with Crippen LogP contribution in [0.5, 0.6) is 0 Å². The van der Waals surface area contributed by atoms with Gasteiger partial charge in [-0.3, -0.25) is 0 Å². The first kappa shape index (κ1) is 15.7. The maximum atomic E-state index is 8.78. The molecule has 5 nitrogen and oxygen atoms in total. The van der Waals surface area contributed by atoms with Gasteiger partial charge in [-0.15, -0.1) is 0 Å². The number of anilines is 1. The lowest BCUT2D eigenvalue weighted by atomic mass is 10.1. The molecule has 2 rings (SSSR count). The summed E-state index contributed by atoms with van der Waals surface area (Å²) in [5.74, 6) is 1.89. The van der Waals surface area contributed by atoms with Gasteiger partial charge in [-0.2, -0.15) is 0 Å². The quantitative estimate of drug-likeness (QED) is 0.802. The minimum absolute atomic E-state index is 0.0967. The van der Waals surface area contributed by atoms with Gasteiger partial charge in [0, 0.05) is 25.6 Å². The van der Waals surface area contributed by atoms with Crippen LogP contribution in [0.15, 0.2) is 10.7 Å². The van der Waals surface area contributed by atoms with E-state index in [2.05, 4.69) is 37.7 Å². The summed E-state index contributed by atoms with van der Waals surface area (Å²) in [5, 5.41) is 8.78. The van der Waals surface area contributed by atoms with E-state index in [1.807, 2.05) is 6.07 Å². The maximum Gasteiger partial charge on any atom is 0.133 e. The van der Waals surface area contributed by atoms with Crippen molar-refractivity contribution in [2.24, 2.45) is 0 Å². The van der Waals surface area contributed by atoms with Crippen molar-refractivity contribution >= 4 is 21.7 Å². The number of aromatic nitrogens is 2. The van der Waals surface area contributed by atoms with E-state index in [9.17, 15) is 0 Å². The van der Waals surface area contributed by atoms with Crippen LogP contribution in [0.2, 0.25) is 0 Å². The Morgan fingerprint density at radius 3 is 2.80 bits per heavy atom. The van der Waals surface area contributed by atoms with Crippen molar-refractivity contribution in [1.29, 1.82) is 0 Å². The fourth-order valence-electron chi connectivity index (χ4n) is 2.42. The third kappa shape index (κ3) is 4.40. The highest BCUT2D eigenvalue weighted by Gasteiger charge is 2.21. The van der Waals surface area contributed by atoms with Crippen LogP contribution in [0.25, 0.3) is 0 Å². The van der Waals surface area contributed by atoms with E-state index in [0.717, 1.165) is 55.0 Å². The minimum Gasteiger partial charge on any atom is -0.394 e. The third-order valence-electron chi connectivity index (χ3n) is 3.41. The summed E-state index contributed by atoms with van der Waals surface area (Å²) in [6, 6.07) is 1.98. The van der Waals surface area contributed by atoms with Gasteiger partial charge < -0.3 is 14.7 Å². The molecule has 0 unspecified atom stereocenters. The fourth-order valence-corrected chi connectivity index (χ4v) is 2.83. The topological polar surface area (TPSA) is 58.5 Å². The number of nitrogens with zero attached hydrogens (tertiary/aromatic N) is 3. The molecular weight excluding hydrogens is 322 g/mol. The molecule has 1 aromatic rings.